The first-order valence-corrected chi connectivity index (χ1v) is 10.6. The zero-order chi connectivity index (χ0) is 22.8. The standard InChI is InChI=1S/C20H22FN7O3S/c1-11-10-28(6-7-30-11)19-24-16(15-9-23-18(22)32-15)25-20(26-19)31-14-5-4-12(8-13(14)21)17(29)27(2)3/h4-5,8-9,11H,6-7,10H2,1-3H3,(H2,22,23)/t11-/m0/s1. The maximum Gasteiger partial charge on any atom is 0.327 e. The molecule has 2 aromatic heterocycles. The van der Waals surface area contributed by atoms with E-state index in [9.17, 15) is 9.18 Å². The zero-order valence-electron chi connectivity index (χ0n) is 17.8. The molecule has 1 aromatic carbocycles. The van der Waals surface area contributed by atoms with Crippen LogP contribution in [0.25, 0.3) is 10.7 Å². The Balaban J connectivity index is 1.68. The van der Waals surface area contributed by atoms with Gasteiger partial charge in [0.15, 0.2) is 22.5 Å². The molecular weight excluding hydrogens is 437 g/mol. The van der Waals surface area contributed by atoms with Crippen molar-refractivity contribution in [1.29, 1.82) is 0 Å². The van der Waals surface area contributed by atoms with Crippen LogP contribution in [0.3, 0.4) is 0 Å². The Morgan fingerprint density at radius 3 is 2.81 bits per heavy atom. The van der Waals surface area contributed by atoms with Crippen molar-refractivity contribution in [2.24, 2.45) is 0 Å². The lowest BCUT2D eigenvalue weighted by Crippen LogP contribution is -2.42. The Hall–Kier alpha value is -3.38. The van der Waals surface area contributed by atoms with Gasteiger partial charge in [-0.25, -0.2) is 9.37 Å². The molecule has 1 amide bonds. The predicted octanol–water partition coefficient (Wildman–Crippen LogP) is 2.44. The van der Waals surface area contributed by atoms with Gasteiger partial charge in [0.25, 0.3) is 5.91 Å². The second kappa shape index (κ2) is 9.01. The third-order valence-corrected chi connectivity index (χ3v) is 5.48. The molecule has 4 rings (SSSR count). The Morgan fingerprint density at radius 1 is 1.34 bits per heavy atom. The number of hydrogen-bond acceptors (Lipinski definition) is 10. The van der Waals surface area contributed by atoms with Gasteiger partial charge in [0.05, 0.1) is 23.8 Å². The molecule has 12 heteroatoms. The molecule has 0 saturated carbocycles. The van der Waals surface area contributed by atoms with E-state index in [1.165, 1.54) is 28.4 Å². The fourth-order valence-corrected chi connectivity index (χ4v) is 3.73. The first-order valence-electron chi connectivity index (χ1n) is 9.83. The van der Waals surface area contributed by atoms with Crippen LogP contribution in [-0.2, 0) is 4.74 Å². The largest absolute Gasteiger partial charge is 0.421 e. The average molecular weight is 460 g/mol. The summed E-state index contributed by atoms with van der Waals surface area (Å²) < 4.78 is 25.9. The van der Waals surface area contributed by atoms with E-state index in [1.54, 1.807) is 20.3 Å². The highest BCUT2D eigenvalue weighted by atomic mass is 32.1. The predicted molar refractivity (Wildman–Crippen MR) is 117 cm³/mol. The van der Waals surface area contributed by atoms with Crippen molar-refractivity contribution in [2.45, 2.75) is 13.0 Å². The van der Waals surface area contributed by atoms with Gasteiger partial charge in [0, 0.05) is 32.7 Å². The number of halogens is 1. The van der Waals surface area contributed by atoms with Crippen molar-refractivity contribution in [1.82, 2.24) is 24.8 Å². The molecule has 3 aromatic rings. The van der Waals surface area contributed by atoms with Gasteiger partial charge in [-0.15, -0.1) is 0 Å². The summed E-state index contributed by atoms with van der Waals surface area (Å²) in [5.74, 6) is -0.430. The van der Waals surface area contributed by atoms with Crippen LogP contribution in [0.2, 0.25) is 0 Å². The number of hydrogen-bond donors (Lipinski definition) is 1. The Morgan fingerprint density at radius 2 is 2.16 bits per heavy atom. The second-order valence-corrected chi connectivity index (χ2v) is 8.44. The number of nitrogen functional groups attached to an aromatic ring is 1. The number of benzene rings is 1. The van der Waals surface area contributed by atoms with Crippen LogP contribution in [0.1, 0.15) is 17.3 Å². The summed E-state index contributed by atoms with van der Waals surface area (Å²) in [5, 5.41) is 0.372. The lowest BCUT2D eigenvalue weighted by molar-refractivity contribution is 0.0526. The third-order valence-electron chi connectivity index (χ3n) is 4.66. The number of aromatic nitrogens is 4. The Labute approximate surface area is 187 Å². The normalized spacial score (nSPS) is 16.1. The van der Waals surface area contributed by atoms with E-state index in [4.69, 9.17) is 15.2 Å². The highest BCUT2D eigenvalue weighted by molar-refractivity contribution is 7.18. The number of thiazole rings is 1. The van der Waals surface area contributed by atoms with E-state index in [2.05, 4.69) is 19.9 Å². The Kier molecular flexibility index (Phi) is 6.15. The lowest BCUT2D eigenvalue weighted by atomic mass is 10.2. The molecule has 10 nitrogen and oxygen atoms in total. The maximum absolute atomic E-state index is 14.7. The summed E-state index contributed by atoms with van der Waals surface area (Å²) in [5.41, 5.74) is 5.96. The van der Waals surface area contributed by atoms with Gasteiger partial charge >= 0.3 is 6.01 Å². The van der Waals surface area contributed by atoms with Crippen molar-refractivity contribution in [3.8, 4) is 22.5 Å². The molecule has 0 bridgehead atoms. The van der Waals surface area contributed by atoms with Gasteiger partial charge in [0.2, 0.25) is 5.95 Å². The van der Waals surface area contributed by atoms with Gasteiger partial charge in [-0.2, -0.15) is 15.0 Å². The van der Waals surface area contributed by atoms with Gasteiger partial charge in [0.1, 0.15) is 0 Å². The number of morpholine rings is 1. The molecule has 1 aliphatic rings. The van der Waals surface area contributed by atoms with Crippen LogP contribution in [0.4, 0.5) is 15.5 Å². The fraction of sp³-hybridized carbons (Fsp3) is 0.350. The number of carbonyl (C=O) groups is 1. The SMILES string of the molecule is C[C@H]1CN(c2nc(Oc3ccc(C(=O)N(C)C)cc3F)nc(-c3cnc(N)s3)n2)CCO1. The van der Waals surface area contributed by atoms with E-state index < -0.39 is 5.82 Å². The fourth-order valence-electron chi connectivity index (χ4n) is 3.11. The highest BCUT2D eigenvalue weighted by Crippen LogP contribution is 2.30. The van der Waals surface area contributed by atoms with Crippen molar-refractivity contribution in [3.63, 3.8) is 0 Å². The van der Waals surface area contributed by atoms with E-state index in [1.807, 2.05) is 11.8 Å². The minimum atomic E-state index is -0.705. The molecule has 1 aliphatic heterocycles. The van der Waals surface area contributed by atoms with E-state index >= 15 is 0 Å². The number of nitrogens with zero attached hydrogens (tertiary/aromatic N) is 6. The number of ether oxygens (including phenoxy) is 2. The Bertz CT molecular complexity index is 1140. The third kappa shape index (κ3) is 4.75. The number of carbonyl (C=O) groups excluding carboxylic acids is 1. The van der Waals surface area contributed by atoms with Crippen molar-refractivity contribution >= 4 is 28.3 Å². The van der Waals surface area contributed by atoms with E-state index in [-0.39, 0.29) is 29.3 Å². The monoisotopic (exact) mass is 459 g/mol. The highest BCUT2D eigenvalue weighted by Gasteiger charge is 2.23. The summed E-state index contributed by atoms with van der Waals surface area (Å²) in [6.07, 6.45) is 1.57. The summed E-state index contributed by atoms with van der Waals surface area (Å²) in [4.78, 5) is 33.3. The number of rotatable bonds is 5. The minimum Gasteiger partial charge on any atom is -0.421 e. The maximum atomic E-state index is 14.7. The summed E-state index contributed by atoms with van der Waals surface area (Å²) in [6.45, 7) is 3.67. The first kappa shape index (κ1) is 21.8. The minimum absolute atomic E-state index is 0.00612. The topological polar surface area (TPSA) is 120 Å². The van der Waals surface area contributed by atoms with Crippen molar-refractivity contribution < 1.29 is 18.7 Å². The quantitative estimate of drug-likeness (QED) is 0.613. The van der Waals surface area contributed by atoms with Gasteiger partial charge in [-0.1, -0.05) is 11.3 Å². The molecule has 32 heavy (non-hydrogen) atoms. The summed E-state index contributed by atoms with van der Waals surface area (Å²) in [7, 11) is 3.19. The van der Waals surface area contributed by atoms with E-state index in [0.29, 0.717) is 41.5 Å². The van der Waals surface area contributed by atoms with Crippen LogP contribution >= 0.6 is 11.3 Å². The van der Waals surface area contributed by atoms with Crippen molar-refractivity contribution in [3.05, 3.63) is 35.8 Å². The van der Waals surface area contributed by atoms with Gasteiger partial charge < -0.3 is 25.0 Å². The molecule has 3 heterocycles. The number of anilines is 2. The molecular formula is C20H22FN7O3S. The molecule has 1 saturated heterocycles. The van der Waals surface area contributed by atoms with Crippen LogP contribution in [0, 0.1) is 5.82 Å². The zero-order valence-corrected chi connectivity index (χ0v) is 18.6. The number of amides is 1. The molecule has 0 aliphatic carbocycles. The van der Waals surface area contributed by atoms with Crippen LogP contribution < -0.4 is 15.4 Å². The van der Waals surface area contributed by atoms with E-state index in [0.717, 1.165) is 6.07 Å². The first-order chi connectivity index (χ1) is 15.3. The molecule has 2 N–H and O–H groups in total. The van der Waals surface area contributed by atoms with Crippen LogP contribution in [0.5, 0.6) is 11.8 Å². The molecule has 0 radical (unpaired) electrons. The number of nitrogens with two attached hydrogens (primary N) is 1. The molecule has 1 fully saturated rings. The average Bonchev–Trinajstić information content (AvgIpc) is 3.21. The smallest absolute Gasteiger partial charge is 0.327 e. The lowest BCUT2D eigenvalue weighted by Gasteiger charge is -2.31. The molecule has 1 atom stereocenters. The van der Waals surface area contributed by atoms with Gasteiger partial charge in [-0.3, -0.25) is 4.79 Å². The van der Waals surface area contributed by atoms with Crippen LogP contribution in [-0.4, -0.2) is 70.6 Å². The second-order valence-electron chi connectivity index (χ2n) is 7.38. The van der Waals surface area contributed by atoms with Gasteiger partial charge in [-0.05, 0) is 25.1 Å². The van der Waals surface area contributed by atoms with Crippen LogP contribution in [0.15, 0.2) is 24.4 Å². The molecule has 168 valence electrons. The molecule has 0 spiro atoms. The van der Waals surface area contributed by atoms with Crippen molar-refractivity contribution in [2.75, 3.05) is 44.4 Å². The summed E-state index contributed by atoms with van der Waals surface area (Å²) >= 11 is 1.22. The molecule has 0 unspecified atom stereocenters. The summed E-state index contributed by atoms with van der Waals surface area (Å²) in [6, 6.07) is 3.89.